The van der Waals surface area contributed by atoms with Crippen LogP contribution < -0.4 is 5.32 Å². The van der Waals surface area contributed by atoms with Crippen LogP contribution in [0, 0.1) is 5.92 Å². The van der Waals surface area contributed by atoms with E-state index in [2.05, 4.69) is 11.4 Å². The van der Waals surface area contributed by atoms with E-state index in [4.69, 9.17) is 23.2 Å². The number of carbonyl (C=O) groups excluding carboxylic acids is 1. The largest absolute Gasteiger partial charge is 0.310 e. The van der Waals surface area contributed by atoms with Crippen molar-refractivity contribution in [3.8, 4) is 0 Å². The van der Waals surface area contributed by atoms with E-state index < -0.39 is 0 Å². The van der Waals surface area contributed by atoms with Crippen LogP contribution in [-0.2, 0) is 13.0 Å². The van der Waals surface area contributed by atoms with Crippen LogP contribution in [0.1, 0.15) is 53.6 Å². The SMILES string of the molecule is O=C1C=C(C[C@H]2CCC[C@H](NCc3ccc(Cl)c(Cl)c3)C2)Cc2ccccc21. The molecule has 0 amide bonds. The highest BCUT2D eigenvalue weighted by atomic mass is 35.5. The summed E-state index contributed by atoms with van der Waals surface area (Å²) in [6.45, 7) is 0.808. The zero-order chi connectivity index (χ0) is 19.5. The number of fused-ring (bicyclic) bond motifs is 1. The molecule has 0 unspecified atom stereocenters. The fraction of sp³-hybridized carbons (Fsp3) is 0.375. The van der Waals surface area contributed by atoms with Gasteiger partial charge in [0, 0.05) is 18.2 Å². The first kappa shape index (κ1) is 19.7. The quantitative estimate of drug-likeness (QED) is 0.614. The van der Waals surface area contributed by atoms with Crippen LogP contribution in [0.15, 0.2) is 54.1 Å². The Balaban J connectivity index is 1.33. The van der Waals surface area contributed by atoms with Crippen LogP contribution in [0.4, 0.5) is 0 Å². The number of ketones is 1. The molecule has 2 nitrogen and oxygen atoms in total. The van der Waals surface area contributed by atoms with Gasteiger partial charge in [0.25, 0.3) is 0 Å². The second-order valence-electron chi connectivity index (χ2n) is 8.06. The average molecular weight is 414 g/mol. The van der Waals surface area contributed by atoms with Crippen LogP contribution in [0.25, 0.3) is 0 Å². The fourth-order valence-electron chi connectivity index (χ4n) is 4.55. The Morgan fingerprint density at radius 2 is 1.89 bits per heavy atom. The molecule has 0 saturated heterocycles. The molecular weight excluding hydrogens is 389 g/mol. The Morgan fingerprint density at radius 1 is 1.04 bits per heavy atom. The van der Waals surface area contributed by atoms with Crippen molar-refractivity contribution in [3.05, 3.63) is 80.8 Å². The van der Waals surface area contributed by atoms with Gasteiger partial charge < -0.3 is 5.32 Å². The summed E-state index contributed by atoms with van der Waals surface area (Å²) in [5.74, 6) is 0.811. The van der Waals surface area contributed by atoms with E-state index in [0.717, 1.165) is 36.9 Å². The summed E-state index contributed by atoms with van der Waals surface area (Å²) < 4.78 is 0. The molecule has 0 spiro atoms. The van der Waals surface area contributed by atoms with Crippen molar-refractivity contribution in [2.24, 2.45) is 5.92 Å². The molecule has 0 radical (unpaired) electrons. The molecule has 0 aromatic heterocycles. The van der Waals surface area contributed by atoms with Crippen molar-refractivity contribution >= 4 is 29.0 Å². The Kier molecular flexibility index (Phi) is 6.20. The van der Waals surface area contributed by atoms with Gasteiger partial charge in [-0.1, -0.05) is 71.9 Å². The molecule has 0 heterocycles. The van der Waals surface area contributed by atoms with Crippen molar-refractivity contribution in [1.29, 1.82) is 0 Å². The van der Waals surface area contributed by atoms with Gasteiger partial charge in [0.15, 0.2) is 5.78 Å². The third-order valence-corrected chi connectivity index (χ3v) is 6.69. The third-order valence-electron chi connectivity index (χ3n) is 5.95. The topological polar surface area (TPSA) is 29.1 Å². The molecule has 0 aliphatic heterocycles. The van der Waals surface area contributed by atoms with Gasteiger partial charge in [0.05, 0.1) is 10.0 Å². The van der Waals surface area contributed by atoms with Gasteiger partial charge in [-0.15, -0.1) is 0 Å². The summed E-state index contributed by atoms with van der Waals surface area (Å²) in [5, 5.41) is 4.89. The van der Waals surface area contributed by atoms with Crippen molar-refractivity contribution < 1.29 is 4.79 Å². The minimum absolute atomic E-state index is 0.168. The lowest BCUT2D eigenvalue weighted by atomic mass is 9.79. The number of hydrogen-bond acceptors (Lipinski definition) is 2. The van der Waals surface area contributed by atoms with Crippen LogP contribution >= 0.6 is 23.2 Å². The number of carbonyl (C=O) groups is 1. The van der Waals surface area contributed by atoms with E-state index >= 15 is 0 Å². The van der Waals surface area contributed by atoms with E-state index in [1.54, 1.807) is 0 Å². The maximum atomic E-state index is 12.4. The highest BCUT2D eigenvalue weighted by molar-refractivity contribution is 6.42. The van der Waals surface area contributed by atoms with Gasteiger partial charge in [-0.25, -0.2) is 0 Å². The van der Waals surface area contributed by atoms with Crippen LogP contribution in [0.2, 0.25) is 10.0 Å². The minimum Gasteiger partial charge on any atom is -0.310 e. The molecule has 1 N–H and O–H groups in total. The van der Waals surface area contributed by atoms with Crippen LogP contribution in [0.3, 0.4) is 0 Å². The third kappa shape index (κ3) is 4.68. The van der Waals surface area contributed by atoms with Crippen LogP contribution in [-0.4, -0.2) is 11.8 Å². The van der Waals surface area contributed by atoms with Gasteiger partial charge in [-0.2, -0.15) is 0 Å². The second kappa shape index (κ2) is 8.82. The lowest BCUT2D eigenvalue weighted by molar-refractivity contribution is 0.104. The average Bonchev–Trinajstić information content (AvgIpc) is 2.69. The zero-order valence-electron chi connectivity index (χ0n) is 15.9. The molecule has 1 fully saturated rings. The molecule has 4 rings (SSSR count). The minimum atomic E-state index is 0.168. The van der Waals surface area contributed by atoms with Gasteiger partial charge in [0.1, 0.15) is 0 Å². The summed E-state index contributed by atoms with van der Waals surface area (Å²) in [6, 6.07) is 14.3. The fourth-order valence-corrected chi connectivity index (χ4v) is 4.87. The molecule has 146 valence electrons. The standard InChI is InChI=1S/C24H25Cl2NO/c25-22-9-8-17(13-23(22)26)15-27-20-6-3-4-16(12-20)10-18-11-19-5-1-2-7-21(19)24(28)14-18/h1-2,5,7-9,13-14,16,20,27H,3-4,6,10-12,15H2/t16-,20+/m1/s1. The molecule has 4 heteroatoms. The summed E-state index contributed by atoms with van der Waals surface area (Å²) in [7, 11) is 0. The normalized spacial score (nSPS) is 21.9. The summed E-state index contributed by atoms with van der Waals surface area (Å²) in [4.78, 5) is 12.4. The number of halogens is 2. The number of nitrogens with one attached hydrogen (secondary N) is 1. The molecular formula is C24H25Cl2NO. The molecule has 2 aromatic rings. The van der Waals surface area contributed by atoms with Crippen molar-refractivity contribution in [1.82, 2.24) is 5.32 Å². The van der Waals surface area contributed by atoms with Gasteiger partial charge >= 0.3 is 0 Å². The first-order valence-electron chi connectivity index (χ1n) is 10.1. The number of hydrogen-bond donors (Lipinski definition) is 1. The van der Waals surface area contributed by atoms with Crippen molar-refractivity contribution in [2.75, 3.05) is 0 Å². The molecule has 2 aliphatic carbocycles. The Hall–Kier alpha value is -1.61. The van der Waals surface area contributed by atoms with E-state index in [1.165, 1.54) is 30.4 Å². The molecule has 2 aromatic carbocycles. The Morgan fingerprint density at radius 3 is 2.75 bits per heavy atom. The van der Waals surface area contributed by atoms with E-state index in [-0.39, 0.29) is 5.78 Å². The molecule has 2 aliphatic rings. The van der Waals surface area contributed by atoms with E-state index in [0.29, 0.717) is 22.0 Å². The highest BCUT2D eigenvalue weighted by Crippen LogP contribution is 2.33. The molecule has 28 heavy (non-hydrogen) atoms. The van der Waals surface area contributed by atoms with E-state index in [1.807, 2.05) is 42.5 Å². The first-order chi connectivity index (χ1) is 13.6. The lowest BCUT2D eigenvalue weighted by Gasteiger charge is -2.31. The molecule has 1 saturated carbocycles. The number of benzene rings is 2. The molecule has 2 atom stereocenters. The summed E-state index contributed by atoms with van der Waals surface area (Å²) in [5.41, 5.74) is 4.50. The number of rotatable bonds is 5. The van der Waals surface area contributed by atoms with Gasteiger partial charge in [-0.3, -0.25) is 4.79 Å². The monoisotopic (exact) mass is 413 g/mol. The first-order valence-corrected chi connectivity index (χ1v) is 10.8. The van der Waals surface area contributed by atoms with Crippen LogP contribution in [0.5, 0.6) is 0 Å². The predicted molar refractivity (Wildman–Crippen MR) is 116 cm³/mol. The number of allylic oxidation sites excluding steroid dienone is 2. The van der Waals surface area contributed by atoms with E-state index in [9.17, 15) is 4.79 Å². The highest BCUT2D eigenvalue weighted by Gasteiger charge is 2.25. The second-order valence-corrected chi connectivity index (χ2v) is 8.88. The lowest BCUT2D eigenvalue weighted by Crippen LogP contribution is -2.34. The van der Waals surface area contributed by atoms with Gasteiger partial charge in [-0.05, 0) is 60.9 Å². The van der Waals surface area contributed by atoms with Gasteiger partial charge in [0.2, 0.25) is 0 Å². The predicted octanol–water partition coefficient (Wildman–Crippen LogP) is 6.40. The smallest absolute Gasteiger partial charge is 0.186 e. The van der Waals surface area contributed by atoms with Crippen molar-refractivity contribution in [2.45, 2.75) is 51.1 Å². The summed E-state index contributed by atoms with van der Waals surface area (Å²) >= 11 is 12.1. The maximum absolute atomic E-state index is 12.4. The molecule has 0 bridgehead atoms. The summed E-state index contributed by atoms with van der Waals surface area (Å²) in [6.07, 6.45) is 8.69. The maximum Gasteiger partial charge on any atom is 0.186 e. The Labute approximate surface area is 176 Å². The van der Waals surface area contributed by atoms with Crippen molar-refractivity contribution in [3.63, 3.8) is 0 Å². The zero-order valence-corrected chi connectivity index (χ0v) is 17.4. The Bertz CT molecular complexity index is 905.